The van der Waals surface area contributed by atoms with Gasteiger partial charge in [-0.25, -0.2) is 0 Å². The lowest BCUT2D eigenvalue weighted by molar-refractivity contribution is -0.122. The van der Waals surface area contributed by atoms with Crippen LogP contribution in [-0.2, 0) is 4.79 Å². The average Bonchev–Trinajstić information content (AvgIpc) is 2.78. The first kappa shape index (κ1) is 11.3. The zero-order valence-electron chi connectivity index (χ0n) is 9.27. The molecule has 0 saturated carbocycles. The van der Waals surface area contributed by atoms with E-state index in [1.165, 1.54) is 0 Å². The van der Waals surface area contributed by atoms with E-state index < -0.39 is 0 Å². The van der Waals surface area contributed by atoms with Gasteiger partial charge in [-0.05, 0) is 12.1 Å². The predicted molar refractivity (Wildman–Crippen MR) is 59.8 cm³/mol. The molecule has 17 heavy (non-hydrogen) atoms. The summed E-state index contributed by atoms with van der Waals surface area (Å²) < 4.78 is 10.6. The molecule has 90 valence electrons. The normalized spacial score (nSPS) is 15.2. The van der Waals surface area contributed by atoms with Crippen molar-refractivity contribution >= 4 is 11.6 Å². The first-order valence-corrected chi connectivity index (χ1v) is 5.06. The third-order valence-electron chi connectivity index (χ3n) is 2.40. The van der Waals surface area contributed by atoms with E-state index >= 15 is 0 Å². The Kier molecular flexibility index (Phi) is 3.13. The zero-order chi connectivity index (χ0) is 12.3. The Balaban J connectivity index is 2.10. The van der Waals surface area contributed by atoms with Crippen molar-refractivity contribution in [3.63, 3.8) is 0 Å². The highest BCUT2D eigenvalue weighted by molar-refractivity contribution is 6.06. The van der Waals surface area contributed by atoms with Gasteiger partial charge in [-0.3, -0.25) is 4.79 Å². The summed E-state index contributed by atoms with van der Waals surface area (Å²) in [6, 6.07) is 5.09. The minimum atomic E-state index is -0.205. The molecule has 0 unspecified atom stereocenters. The molecule has 6 heteroatoms. The fourth-order valence-corrected chi connectivity index (χ4v) is 1.48. The van der Waals surface area contributed by atoms with Gasteiger partial charge < -0.3 is 20.0 Å². The lowest BCUT2D eigenvalue weighted by Crippen LogP contribution is -2.24. The summed E-state index contributed by atoms with van der Waals surface area (Å²) in [7, 11) is 1.54. The number of oxime groups is 1. The molecule has 2 rings (SSSR count). The summed E-state index contributed by atoms with van der Waals surface area (Å²) >= 11 is 0. The number of fused-ring (bicyclic) bond motifs is 1. The van der Waals surface area contributed by atoms with Gasteiger partial charge in [0.25, 0.3) is 5.91 Å². The van der Waals surface area contributed by atoms with E-state index in [1.54, 1.807) is 25.2 Å². The molecule has 0 aliphatic carbocycles. The van der Waals surface area contributed by atoms with Gasteiger partial charge in [0, 0.05) is 18.7 Å². The van der Waals surface area contributed by atoms with Crippen LogP contribution in [0.2, 0.25) is 0 Å². The Labute approximate surface area is 97.8 Å². The molecule has 0 spiro atoms. The maximum absolute atomic E-state index is 11.0. The number of rotatable bonds is 3. The molecule has 0 fully saturated rings. The molecule has 1 aromatic rings. The summed E-state index contributed by atoms with van der Waals surface area (Å²) in [5, 5.41) is 14.3. The molecule has 0 radical (unpaired) electrons. The zero-order valence-corrected chi connectivity index (χ0v) is 9.27. The Bertz CT molecular complexity index is 471. The topological polar surface area (TPSA) is 80.2 Å². The Morgan fingerprint density at radius 3 is 3.18 bits per heavy atom. The number of carbonyl (C=O) groups excluding carboxylic acids is 1. The number of likely N-dealkylation sites (N-methyl/N-ethyl adjacent to an activating group) is 1. The van der Waals surface area contributed by atoms with Crippen LogP contribution in [0, 0.1) is 0 Å². The van der Waals surface area contributed by atoms with Crippen LogP contribution in [0.5, 0.6) is 11.5 Å². The lowest BCUT2D eigenvalue weighted by atomic mass is 10.1. The minimum absolute atomic E-state index is 0.0454. The van der Waals surface area contributed by atoms with E-state index in [0.29, 0.717) is 17.2 Å². The van der Waals surface area contributed by atoms with Crippen molar-refractivity contribution < 1.29 is 19.5 Å². The maximum atomic E-state index is 11.0. The average molecular weight is 236 g/mol. The molecule has 1 aliphatic heterocycles. The van der Waals surface area contributed by atoms with Gasteiger partial charge in [0.2, 0.25) is 0 Å². The largest absolute Gasteiger partial charge is 0.486 e. The second-order valence-electron chi connectivity index (χ2n) is 3.46. The van der Waals surface area contributed by atoms with E-state index in [1.807, 2.05) is 0 Å². The number of amides is 1. The summed E-state index contributed by atoms with van der Waals surface area (Å²) in [6.45, 7) is 0.195. The molecule has 2 N–H and O–H groups in total. The van der Waals surface area contributed by atoms with Crippen molar-refractivity contribution in [2.45, 2.75) is 0 Å². The molecule has 0 saturated heterocycles. The standard InChI is InChI=1S/C11H12N2O4/c1-12-11(14)6-16-7-2-3-8-9(13-15)5-17-10(8)4-7/h2-4,15H,5-6H2,1H3,(H,12,14). The van der Waals surface area contributed by atoms with Crippen molar-refractivity contribution in [2.24, 2.45) is 5.16 Å². The first-order valence-electron chi connectivity index (χ1n) is 5.06. The molecular weight excluding hydrogens is 224 g/mol. The van der Waals surface area contributed by atoms with Crippen LogP contribution in [0.15, 0.2) is 23.4 Å². The number of nitrogens with zero attached hydrogens (tertiary/aromatic N) is 1. The Morgan fingerprint density at radius 1 is 1.65 bits per heavy atom. The predicted octanol–water partition coefficient (Wildman–Crippen LogP) is 0.382. The molecule has 6 nitrogen and oxygen atoms in total. The third-order valence-corrected chi connectivity index (χ3v) is 2.40. The second kappa shape index (κ2) is 4.73. The molecule has 1 aliphatic rings. The Hall–Kier alpha value is -2.24. The Morgan fingerprint density at radius 2 is 2.47 bits per heavy atom. The maximum Gasteiger partial charge on any atom is 0.257 e. The highest BCUT2D eigenvalue weighted by Crippen LogP contribution is 2.29. The lowest BCUT2D eigenvalue weighted by Gasteiger charge is -2.06. The molecular formula is C11H12N2O4. The van der Waals surface area contributed by atoms with E-state index in [-0.39, 0.29) is 19.1 Å². The van der Waals surface area contributed by atoms with Crippen molar-refractivity contribution in [1.29, 1.82) is 0 Å². The summed E-state index contributed by atoms with van der Waals surface area (Å²) in [6.07, 6.45) is 0. The van der Waals surface area contributed by atoms with Crippen LogP contribution in [0.3, 0.4) is 0 Å². The fourth-order valence-electron chi connectivity index (χ4n) is 1.48. The number of ether oxygens (including phenoxy) is 2. The SMILES string of the molecule is CNC(=O)COc1ccc2c(c1)OCC2=NO. The van der Waals surface area contributed by atoms with Crippen LogP contribution in [0.4, 0.5) is 0 Å². The van der Waals surface area contributed by atoms with E-state index in [4.69, 9.17) is 14.7 Å². The van der Waals surface area contributed by atoms with Gasteiger partial charge in [0.15, 0.2) is 6.61 Å². The second-order valence-corrected chi connectivity index (χ2v) is 3.46. The van der Waals surface area contributed by atoms with Crippen LogP contribution < -0.4 is 14.8 Å². The number of carbonyl (C=O) groups is 1. The van der Waals surface area contributed by atoms with Gasteiger partial charge in [-0.1, -0.05) is 5.16 Å². The van der Waals surface area contributed by atoms with Gasteiger partial charge in [0.1, 0.15) is 23.8 Å². The van der Waals surface area contributed by atoms with Crippen LogP contribution in [0.1, 0.15) is 5.56 Å². The molecule has 0 aromatic heterocycles. The van der Waals surface area contributed by atoms with E-state index in [2.05, 4.69) is 10.5 Å². The summed E-state index contributed by atoms with van der Waals surface area (Å²) in [4.78, 5) is 11.0. The highest BCUT2D eigenvalue weighted by Gasteiger charge is 2.20. The van der Waals surface area contributed by atoms with Gasteiger partial charge in [-0.2, -0.15) is 0 Å². The van der Waals surface area contributed by atoms with E-state index in [9.17, 15) is 4.79 Å². The monoisotopic (exact) mass is 236 g/mol. The molecule has 1 amide bonds. The van der Waals surface area contributed by atoms with Crippen LogP contribution in [-0.4, -0.2) is 37.1 Å². The van der Waals surface area contributed by atoms with E-state index in [0.717, 1.165) is 5.56 Å². The van der Waals surface area contributed by atoms with Crippen molar-refractivity contribution in [1.82, 2.24) is 5.32 Å². The quantitative estimate of drug-likeness (QED) is 0.587. The van der Waals surface area contributed by atoms with Gasteiger partial charge >= 0.3 is 0 Å². The fraction of sp³-hybridized carbons (Fsp3) is 0.273. The van der Waals surface area contributed by atoms with Crippen LogP contribution in [0.25, 0.3) is 0 Å². The smallest absolute Gasteiger partial charge is 0.257 e. The molecule has 0 bridgehead atoms. The number of hydrogen-bond donors (Lipinski definition) is 2. The summed E-state index contributed by atoms with van der Waals surface area (Å²) in [5.41, 5.74) is 1.22. The molecule has 1 heterocycles. The summed E-state index contributed by atoms with van der Waals surface area (Å²) in [5.74, 6) is 0.919. The van der Waals surface area contributed by atoms with Crippen molar-refractivity contribution in [3.8, 4) is 11.5 Å². The molecule has 1 aromatic carbocycles. The van der Waals surface area contributed by atoms with Crippen molar-refractivity contribution in [2.75, 3.05) is 20.3 Å². The first-order chi connectivity index (χ1) is 8.24. The van der Waals surface area contributed by atoms with Gasteiger partial charge in [0.05, 0.1) is 0 Å². The number of nitrogens with one attached hydrogen (secondary N) is 1. The number of hydrogen-bond acceptors (Lipinski definition) is 5. The minimum Gasteiger partial charge on any atom is -0.486 e. The van der Waals surface area contributed by atoms with Gasteiger partial charge in [-0.15, -0.1) is 0 Å². The third kappa shape index (κ3) is 2.30. The number of benzene rings is 1. The van der Waals surface area contributed by atoms with Crippen LogP contribution >= 0.6 is 0 Å². The van der Waals surface area contributed by atoms with Crippen molar-refractivity contribution in [3.05, 3.63) is 23.8 Å². The molecule has 0 atom stereocenters. The highest BCUT2D eigenvalue weighted by atomic mass is 16.5.